The number of aromatic nitrogens is 4. The third kappa shape index (κ3) is 1.83. The molecule has 0 amide bonds. The van der Waals surface area contributed by atoms with Crippen molar-refractivity contribution in [2.24, 2.45) is 0 Å². The molecule has 0 saturated heterocycles. The van der Waals surface area contributed by atoms with Gasteiger partial charge in [-0.05, 0) is 13.0 Å². The van der Waals surface area contributed by atoms with E-state index in [2.05, 4.69) is 15.1 Å². The monoisotopic (exact) mass is 204 g/mol. The first-order valence-corrected chi connectivity index (χ1v) is 4.25. The van der Waals surface area contributed by atoms with Crippen molar-refractivity contribution in [3.8, 4) is 5.82 Å². The predicted molar refractivity (Wildman–Crippen MR) is 50.9 cm³/mol. The molecule has 2 aromatic rings. The normalized spacial score (nSPS) is 10.2. The lowest BCUT2D eigenvalue weighted by molar-refractivity contribution is 0.0690. The SMILES string of the molecule is Cc1cc(-n2ccc(C(=O)O)n2)ncn1. The molecule has 0 fully saturated rings. The first-order chi connectivity index (χ1) is 7.16. The molecule has 2 rings (SSSR count). The van der Waals surface area contributed by atoms with Crippen LogP contribution in [0, 0.1) is 6.92 Å². The zero-order valence-corrected chi connectivity index (χ0v) is 7.95. The van der Waals surface area contributed by atoms with E-state index >= 15 is 0 Å². The van der Waals surface area contributed by atoms with E-state index in [-0.39, 0.29) is 5.69 Å². The second-order valence-electron chi connectivity index (χ2n) is 2.97. The van der Waals surface area contributed by atoms with Gasteiger partial charge >= 0.3 is 5.97 Å². The van der Waals surface area contributed by atoms with E-state index < -0.39 is 5.97 Å². The molecule has 0 aliphatic rings. The fraction of sp³-hybridized carbons (Fsp3) is 0.111. The summed E-state index contributed by atoms with van der Waals surface area (Å²) in [7, 11) is 0. The highest BCUT2D eigenvalue weighted by molar-refractivity contribution is 5.85. The van der Waals surface area contributed by atoms with Crippen LogP contribution in [0.1, 0.15) is 16.2 Å². The van der Waals surface area contributed by atoms with E-state index in [1.807, 2.05) is 6.92 Å². The molecule has 1 N–H and O–H groups in total. The van der Waals surface area contributed by atoms with Crippen molar-refractivity contribution < 1.29 is 9.90 Å². The smallest absolute Gasteiger partial charge is 0.356 e. The minimum absolute atomic E-state index is 0.00809. The number of hydrogen-bond acceptors (Lipinski definition) is 4. The van der Waals surface area contributed by atoms with Crippen LogP contribution in [0.2, 0.25) is 0 Å². The molecule has 2 aromatic heterocycles. The Morgan fingerprint density at radius 2 is 2.27 bits per heavy atom. The van der Waals surface area contributed by atoms with Crippen molar-refractivity contribution in [3.63, 3.8) is 0 Å². The average Bonchev–Trinajstić information content (AvgIpc) is 2.66. The van der Waals surface area contributed by atoms with Crippen LogP contribution >= 0.6 is 0 Å². The third-order valence-corrected chi connectivity index (χ3v) is 1.83. The predicted octanol–water partition coefficient (Wildman–Crippen LogP) is 0.669. The standard InChI is InChI=1S/C9H8N4O2/c1-6-4-8(11-5-10-6)13-3-2-7(12-13)9(14)15/h2-5H,1H3,(H,14,15). The Morgan fingerprint density at radius 3 is 2.87 bits per heavy atom. The Morgan fingerprint density at radius 1 is 1.47 bits per heavy atom. The van der Waals surface area contributed by atoms with Crippen LogP contribution < -0.4 is 0 Å². The summed E-state index contributed by atoms with van der Waals surface area (Å²) in [4.78, 5) is 18.5. The lowest BCUT2D eigenvalue weighted by Gasteiger charge is -1.99. The van der Waals surface area contributed by atoms with E-state index in [1.165, 1.54) is 17.1 Å². The number of aryl methyl sites for hydroxylation is 1. The molecule has 0 radical (unpaired) electrons. The van der Waals surface area contributed by atoms with Crippen molar-refractivity contribution in [1.29, 1.82) is 0 Å². The maximum Gasteiger partial charge on any atom is 0.356 e. The van der Waals surface area contributed by atoms with Crippen LogP contribution in [0.25, 0.3) is 5.82 Å². The maximum absolute atomic E-state index is 10.6. The van der Waals surface area contributed by atoms with Gasteiger partial charge in [-0.3, -0.25) is 0 Å². The number of nitrogens with zero attached hydrogens (tertiary/aromatic N) is 4. The van der Waals surface area contributed by atoms with Crippen molar-refractivity contribution in [2.75, 3.05) is 0 Å². The molecule has 76 valence electrons. The van der Waals surface area contributed by atoms with E-state index in [9.17, 15) is 4.79 Å². The van der Waals surface area contributed by atoms with Crippen LogP contribution in [-0.4, -0.2) is 30.8 Å². The molecule has 0 atom stereocenters. The van der Waals surface area contributed by atoms with E-state index in [4.69, 9.17) is 5.11 Å². The number of carbonyl (C=O) groups is 1. The van der Waals surface area contributed by atoms with E-state index in [0.29, 0.717) is 5.82 Å². The highest BCUT2D eigenvalue weighted by Crippen LogP contribution is 2.04. The highest BCUT2D eigenvalue weighted by atomic mass is 16.4. The van der Waals surface area contributed by atoms with Gasteiger partial charge in [-0.1, -0.05) is 0 Å². The minimum atomic E-state index is -1.06. The summed E-state index contributed by atoms with van der Waals surface area (Å²) in [6.45, 7) is 1.83. The second kappa shape index (κ2) is 3.49. The number of aromatic carboxylic acids is 1. The van der Waals surface area contributed by atoms with Crippen molar-refractivity contribution in [2.45, 2.75) is 6.92 Å². The Kier molecular flexibility index (Phi) is 2.17. The molecule has 15 heavy (non-hydrogen) atoms. The zero-order chi connectivity index (χ0) is 10.8. The van der Waals surface area contributed by atoms with Gasteiger partial charge in [0.15, 0.2) is 11.5 Å². The number of carboxylic acids is 1. The Bertz CT molecular complexity index is 506. The summed E-state index contributed by atoms with van der Waals surface area (Å²) < 4.78 is 1.40. The lowest BCUT2D eigenvalue weighted by atomic mass is 10.4. The minimum Gasteiger partial charge on any atom is -0.476 e. The quantitative estimate of drug-likeness (QED) is 0.777. The van der Waals surface area contributed by atoms with Gasteiger partial charge in [0.1, 0.15) is 6.33 Å². The molecule has 0 aromatic carbocycles. The topological polar surface area (TPSA) is 80.9 Å². The molecule has 0 aliphatic heterocycles. The molecule has 6 nitrogen and oxygen atoms in total. The van der Waals surface area contributed by atoms with Crippen molar-refractivity contribution in [1.82, 2.24) is 19.7 Å². The number of carboxylic acid groups (broad SMARTS) is 1. The van der Waals surface area contributed by atoms with Crippen molar-refractivity contribution in [3.05, 3.63) is 36.0 Å². The molecule has 0 spiro atoms. The second-order valence-corrected chi connectivity index (χ2v) is 2.97. The van der Waals surface area contributed by atoms with Crippen LogP contribution in [0.4, 0.5) is 0 Å². The number of rotatable bonds is 2. The molecule has 2 heterocycles. The van der Waals surface area contributed by atoms with Crippen LogP contribution in [-0.2, 0) is 0 Å². The fourth-order valence-corrected chi connectivity index (χ4v) is 1.13. The largest absolute Gasteiger partial charge is 0.476 e. The summed E-state index contributed by atoms with van der Waals surface area (Å²) in [6, 6.07) is 3.14. The fourth-order valence-electron chi connectivity index (χ4n) is 1.13. The highest BCUT2D eigenvalue weighted by Gasteiger charge is 2.08. The van der Waals surface area contributed by atoms with Crippen LogP contribution in [0.15, 0.2) is 24.7 Å². The van der Waals surface area contributed by atoms with Gasteiger partial charge < -0.3 is 5.11 Å². The third-order valence-electron chi connectivity index (χ3n) is 1.83. The summed E-state index contributed by atoms with van der Waals surface area (Å²) in [5.41, 5.74) is 0.790. The first-order valence-electron chi connectivity index (χ1n) is 4.25. The Hall–Kier alpha value is -2.24. The van der Waals surface area contributed by atoms with Crippen LogP contribution in [0.5, 0.6) is 0 Å². The molecular weight excluding hydrogens is 196 g/mol. The lowest BCUT2D eigenvalue weighted by Crippen LogP contribution is -2.03. The number of hydrogen-bond donors (Lipinski definition) is 1. The zero-order valence-electron chi connectivity index (χ0n) is 7.95. The molecular formula is C9H8N4O2. The summed E-state index contributed by atoms with van der Waals surface area (Å²) in [6.07, 6.45) is 2.96. The van der Waals surface area contributed by atoms with Crippen molar-refractivity contribution >= 4 is 5.97 Å². The Balaban J connectivity index is 2.41. The molecule has 0 unspecified atom stereocenters. The van der Waals surface area contributed by atoms with Gasteiger partial charge in [-0.25, -0.2) is 19.4 Å². The van der Waals surface area contributed by atoms with Crippen LogP contribution in [0.3, 0.4) is 0 Å². The van der Waals surface area contributed by atoms with E-state index in [1.54, 1.807) is 12.3 Å². The van der Waals surface area contributed by atoms with Gasteiger partial charge in [0.2, 0.25) is 0 Å². The summed E-state index contributed by atoms with van der Waals surface area (Å²) in [5, 5.41) is 12.5. The molecule has 0 saturated carbocycles. The Labute approximate surface area is 85.2 Å². The van der Waals surface area contributed by atoms with Gasteiger partial charge in [0.25, 0.3) is 0 Å². The van der Waals surface area contributed by atoms with Gasteiger partial charge in [-0.15, -0.1) is 0 Å². The first kappa shape index (κ1) is 9.32. The molecule has 0 bridgehead atoms. The van der Waals surface area contributed by atoms with Gasteiger partial charge in [0.05, 0.1) is 0 Å². The summed E-state index contributed by atoms with van der Waals surface area (Å²) >= 11 is 0. The molecule has 0 aliphatic carbocycles. The van der Waals surface area contributed by atoms with Gasteiger partial charge in [-0.2, -0.15) is 5.10 Å². The maximum atomic E-state index is 10.6. The average molecular weight is 204 g/mol. The summed E-state index contributed by atoms with van der Waals surface area (Å²) in [5.74, 6) is -0.505. The molecule has 6 heteroatoms. The van der Waals surface area contributed by atoms with Gasteiger partial charge in [0, 0.05) is 18.0 Å². The van der Waals surface area contributed by atoms with E-state index in [0.717, 1.165) is 5.69 Å².